The van der Waals surface area contributed by atoms with Crippen LogP contribution >= 0.6 is 0 Å². The van der Waals surface area contributed by atoms with Gasteiger partial charge in [-0.15, -0.1) is 5.10 Å². The average molecular weight is 323 g/mol. The summed E-state index contributed by atoms with van der Waals surface area (Å²) in [5, 5.41) is 20.4. The van der Waals surface area contributed by atoms with E-state index in [1.54, 1.807) is 6.20 Å². The van der Waals surface area contributed by atoms with Crippen LogP contribution in [-0.2, 0) is 6.42 Å². The van der Waals surface area contributed by atoms with Gasteiger partial charge in [0, 0.05) is 42.8 Å². The first-order valence-electron chi connectivity index (χ1n) is 8.48. The summed E-state index contributed by atoms with van der Waals surface area (Å²) >= 11 is 0. The Balaban J connectivity index is 1.70. The maximum atomic E-state index is 4.73. The van der Waals surface area contributed by atoms with E-state index in [0.717, 1.165) is 61.3 Å². The molecule has 7 nitrogen and oxygen atoms in total. The third-order valence-electron chi connectivity index (χ3n) is 4.38. The van der Waals surface area contributed by atoms with Crippen LogP contribution in [0.2, 0.25) is 0 Å². The number of nitrogens with zero attached hydrogens (tertiary/aromatic N) is 5. The molecule has 1 aliphatic heterocycles. The summed E-state index contributed by atoms with van der Waals surface area (Å²) in [4.78, 5) is 6.97. The van der Waals surface area contributed by atoms with Gasteiger partial charge in [-0.3, -0.25) is 5.10 Å². The van der Waals surface area contributed by atoms with E-state index >= 15 is 0 Å². The molecule has 4 rings (SSSR count). The first-order chi connectivity index (χ1) is 11.8. The van der Waals surface area contributed by atoms with Crippen LogP contribution in [0.3, 0.4) is 0 Å². The van der Waals surface area contributed by atoms with E-state index in [2.05, 4.69) is 43.6 Å². The highest BCUT2D eigenvalue weighted by molar-refractivity contribution is 5.85. The molecule has 0 unspecified atom stereocenters. The molecule has 24 heavy (non-hydrogen) atoms. The summed E-state index contributed by atoms with van der Waals surface area (Å²) in [5.41, 5.74) is 3.12. The predicted octanol–water partition coefficient (Wildman–Crippen LogP) is 1.78. The number of aromatic amines is 1. The molecule has 2 N–H and O–H groups in total. The fraction of sp³-hybridized carbons (Fsp3) is 0.412. The SMILES string of the molecule is CCCc1[nH]nc2ccc(-c3nncc(N4CCNCC4)n3)cc12. The van der Waals surface area contributed by atoms with Gasteiger partial charge in [0.1, 0.15) is 0 Å². The van der Waals surface area contributed by atoms with Crippen LogP contribution in [0.15, 0.2) is 24.4 Å². The van der Waals surface area contributed by atoms with Crippen molar-refractivity contribution >= 4 is 16.7 Å². The summed E-state index contributed by atoms with van der Waals surface area (Å²) in [6.07, 6.45) is 3.81. The van der Waals surface area contributed by atoms with Crippen molar-refractivity contribution in [2.75, 3.05) is 31.1 Å². The van der Waals surface area contributed by atoms with Crippen molar-refractivity contribution < 1.29 is 0 Å². The highest BCUT2D eigenvalue weighted by atomic mass is 15.3. The highest BCUT2D eigenvalue weighted by Crippen LogP contribution is 2.24. The van der Waals surface area contributed by atoms with Crippen LogP contribution in [0.5, 0.6) is 0 Å². The van der Waals surface area contributed by atoms with Crippen molar-refractivity contribution in [3.8, 4) is 11.4 Å². The molecule has 0 aliphatic carbocycles. The Bertz CT molecular complexity index is 836. The molecule has 0 amide bonds. The number of aryl methyl sites for hydroxylation is 1. The molecule has 2 aromatic heterocycles. The number of benzene rings is 1. The molecule has 3 heterocycles. The van der Waals surface area contributed by atoms with Crippen LogP contribution < -0.4 is 10.2 Å². The Kier molecular flexibility index (Phi) is 4.08. The summed E-state index contributed by atoms with van der Waals surface area (Å²) in [6, 6.07) is 6.14. The molecule has 1 aromatic carbocycles. The van der Waals surface area contributed by atoms with Gasteiger partial charge in [0.2, 0.25) is 0 Å². The van der Waals surface area contributed by atoms with Crippen LogP contribution in [0, 0.1) is 0 Å². The Morgan fingerprint density at radius 2 is 2.08 bits per heavy atom. The van der Waals surface area contributed by atoms with Crippen molar-refractivity contribution in [2.45, 2.75) is 19.8 Å². The molecule has 0 saturated carbocycles. The van der Waals surface area contributed by atoms with Gasteiger partial charge >= 0.3 is 0 Å². The summed E-state index contributed by atoms with van der Waals surface area (Å²) in [7, 11) is 0. The second-order valence-electron chi connectivity index (χ2n) is 6.06. The summed E-state index contributed by atoms with van der Waals surface area (Å²) < 4.78 is 0. The predicted molar refractivity (Wildman–Crippen MR) is 94.0 cm³/mol. The lowest BCUT2D eigenvalue weighted by Gasteiger charge is -2.28. The summed E-state index contributed by atoms with van der Waals surface area (Å²) in [6.45, 7) is 6.00. The van der Waals surface area contributed by atoms with Crippen molar-refractivity contribution in [1.82, 2.24) is 30.7 Å². The average Bonchev–Trinajstić information content (AvgIpc) is 3.05. The number of nitrogens with one attached hydrogen (secondary N) is 2. The van der Waals surface area contributed by atoms with E-state index in [-0.39, 0.29) is 0 Å². The van der Waals surface area contributed by atoms with Crippen LogP contribution in [0.4, 0.5) is 5.82 Å². The topological polar surface area (TPSA) is 82.6 Å². The zero-order valence-electron chi connectivity index (χ0n) is 13.8. The van der Waals surface area contributed by atoms with Gasteiger partial charge in [-0.25, -0.2) is 4.98 Å². The molecule has 1 fully saturated rings. The quantitative estimate of drug-likeness (QED) is 0.761. The molecule has 124 valence electrons. The van der Waals surface area contributed by atoms with Gasteiger partial charge in [0.05, 0.1) is 11.7 Å². The second kappa shape index (κ2) is 6.52. The maximum absolute atomic E-state index is 4.73. The molecular formula is C17H21N7. The van der Waals surface area contributed by atoms with Gasteiger partial charge in [0.25, 0.3) is 0 Å². The lowest BCUT2D eigenvalue weighted by Crippen LogP contribution is -2.44. The van der Waals surface area contributed by atoms with Crippen molar-refractivity contribution in [3.63, 3.8) is 0 Å². The molecule has 1 saturated heterocycles. The number of fused-ring (bicyclic) bond motifs is 1. The highest BCUT2D eigenvalue weighted by Gasteiger charge is 2.14. The molecular weight excluding hydrogens is 302 g/mol. The Hall–Kier alpha value is -2.54. The fourth-order valence-electron chi connectivity index (χ4n) is 3.11. The zero-order valence-corrected chi connectivity index (χ0v) is 13.8. The monoisotopic (exact) mass is 323 g/mol. The number of aromatic nitrogens is 5. The van der Waals surface area contributed by atoms with E-state index < -0.39 is 0 Å². The van der Waals surface area contributed by atoms with E-state index in [4.69, 9.17) is 4.98 Å². The molecule has 0 radical (unpaired) electrons. The Morgan fingerprint density at radius 3 is 2.92 bits per heavy atom. The second-order valence-corrected chi connectivity index (χ2v) is 6.06. The van der Waals surface area contributed by atoms with Gasteiger partial charge in [-0.05, 0) is 24.6 Å². The minimum atomic E-state index is 0.664. The maximum Gasteiger partial charge on any atom is 0.183 e. The lowest BCUT2D eigenvalue weighted by molar-refractivity contribution is 0.583. The number of piperazine rings is 1. The third kappa shape index (κ3) is 2.82. The standard InChI is InChI=1S/C17H21N7/c1-2-3-14-13-10-12(4-5-15(13)22-21-14)17-20-16(11-19-23-17)24-8-6-18-7-9-24/h4-5,10-11,18H,2-3,6-9H2,1H3,(H,21,22). The van der Waals surface area contributed by atoms with Gasteiger partial charge < -0.3 is 10.2 Å². The smallest absolute Gasteiger partial charge is 0.183 e. The third-order valence-corrected chi connectivity index (χ3v) is 4.38. The van der Waals surface area contributed by atoms with Crippen molar-refractivity contribution in [3.05, 3.63) is 30.1 Å². The van der Waals surface area contributed by atoms with Gasteiger partial charge in [-0.1, -0.05) is 13.3 Å². The molecule has 3 aromatic rings. The van der Waals surface area contributed by atoms with E-state index in [9.17, 15) is 0 Å². The van der Waals surface area contributed by atoms with Gasteiger partial charge in [0.15, 0.2) is 11.6 Å². The van der Waals surface area contributed by atoms with Crippen LogP contribution in [0.25, 0.3) is 22.3 Å². The largest absolute Gasteiger partial charge is 0.353 e. The first-order valence-corrected chi connectivity index (χ1v) is 8.48. The van der Waals surface area contributed by atoms with Crippen molar-refractivity contribution in [1.29, 1.82) is 0 Å². The Morgan fingerprint density at radius 1 is 1.21 bits per heavy atom. The van der Waals surface area contributed by atoms with E-state index in [1.165, 1.54) is 5.69 Å². The molecule has 7 heteroatoms. The Labute approximate surface area is 140 Å². The normalized spacial score (nSPS) is 15.1. The number of hydrogen-bond donors (Lipinski definition) is 2. The molecule has 1 aliphatic rings. The lowest BCUT2D eigenvalue weighted by atomic mass is 10.1. The fourth-order valence-corrected chi connectivity index (χ4v) is 3.11. The van der Waals surface area contributed by atoms with E-state index in [1.807, 2.05) is 12.1 Å². The van der Waals surface area contributed by atoms with Crippen LogP contribution in [-0.4, -0.2) is 51.6 Å². The minimum absolute atomic E-state index is 0.664. The number of H-pyrrole nitrogens is 1. The zero-order chi connectivity index (χ0) is 16.4. The van der Waals surface area contributed by atoms with Gasteiger partial charge in [-0.2, -0.15) is 10.2 Å². The molecule has 0 atom stereocenters. The minimum Gasteiger partial charge on any atom is -0.353 e. The van der Waals surface area contributed by atoms with Crippen molar-refractivity contribution in [2.24, 2.45) is 0 Å². The molecule has 0 spiro atoms. The number of anilines is 1. The van der Waals surface area contributed by atoms with E-state index in [0.29, 0.717) is 5.82 Å². The number of rotatable bonds is 4. The first kappa shape index (κ1) is 15.0. The molecule has 0 bridgehead atoms. The van der Waals surface area contributed by atoms with Crippen LogP contribution in [0.1, 0.15) is 19.0 Å². The summed E-state index contributed by atoms with van der Waals surface area (Å²) in [5.74, 6) is 1.55. The number of hydrogen-bond acceptors (Lipinski definition) is 6.